The third kappa shape index (κ3) is 6.11. The molecule has 1 aliphatic heterocycles. The van der Waals surface area contributed by atoms with Crippen LogP contribution in [0.2, 0.25) is 0 Å². The Kier molecular flexibility index (Phi) is 7.31. The number of nitrogens with zero attached hydrogens (tertiary/aromatic N) is 1. The summed E-state index contributed by atoms with van der Waals surface area (Å²) in [6, 6.07) is 7.22. The Morgan fingerprint density at radius 1 is 1.22 bits per heavy atom. The number of likely N-dealkylation sites (tertiary alicyclic amines) is 1. The van der Waals surface area contributed by atoms with E-state index in [4.69, 9.17) is 12.2 Å². The Morgan fingerprint density at radius 2 is 1.96 bits per heavy atom. The maximum Gasteiger partial charge on any atom is 0.170 e. The molecule has 0 radical (unpaired) electrons. The van der Waals surface area contributed by atoms with E-state index in [2.05, 4.69) is 54.5 Å². The molecule has 0 saturated carbocycles. The van der Waals surface area contributed by atoms with Gasteiger partial charge in [-0.2, -0.15) is 0 Å². The van der Waals surface area contributed by atoms with Gasteiger partial charge in [-0.25, -0.2) is 0 Å². The number of piperidine rings is 1. The van der Waals surface area contributed by atoms with Crippen LogP contribution in [0.3, 0.4) is 0 Å². The lowest BCUT2D eigenvalue weighted by atomic mass is 10.00. The maximum absolute atomic E-state index is 5.40. The molecule has 0 bridgehead atoms. The molecule has 1 unspecified atom stereocenters. The van der Waals surface area contributed by atoms with Crippen molar-refractivity contribution < 1.29 is 0 Å². The number of thiocarbonyl (C=S) groups is 1. The number of benzene rings is 1. The lowest BCUT2D eigenvalue weighted by molar-refractivity contribution is 0.143. The SMILES string of the molecule is CCC1CCCCN1CCCNC(=S)Nc1cc(C)cc(C)c1. The number of nitrogens with one attached hydrogen (secondary N) is 2. The van der Waals surface area contributed by atoms with Gasteiger partial charge in [0.2, 0.25) is 0 Å². The van der Waals surface area contributed by atoms with E-state index in [1.807, 2.05) is 0 Å². The molecule has 4 heteroatoms. The van der Waals surface area contributed by atoms with E-state index in [-0.39, 0.29) is 0 Å². The van der Waals surface area contributed by atoms with Gasteiger partial charge >= 0.3 is 0 Å². The first-order valence-corrected chi connectivity index (χ1v) is 9.36. The van der Waals surface area contributed by atoms with Crippen molar-refractivity contribution in [1.82, 2.24) is 10.2 Å². The fraction of sp³-hybridized carbons (Fsp3) is 0.632. The normalized spacial score (nSPS) is 18.7. The molecule has 2 rings (SSSR count). The molecule has 1 aromatic rings. The molecule has 0 aromatic heterocycles. The van der Waals surface area contributed by atoms with Crippen molar-refractivity contribution in [1.29, 1.82) is 0 Å². The van der Waals surface area contributed by atoms with Crippen molar-refractivity contribution in [3.8, 4) is 0 Å². The van der Waals surface area contributed by atoms with Crippen molar-refractivity contribution in [3.05, 3.63) is 29.3 Å². The summed E-state index contributed by atoms with van der Waals surface area (Å²) in [7, 11) is 0. The monoisotopic (exact) mass is 333 g/mol. The van der Waals surface area contributed by atoms with Crippen molar-refractivity contribution in [2.75, 3.05) is 25.0 Å². The summed E-state index contributed by atoms with van der Waals surface area (Å²) >= 11 is 5.40. The van der Waals surface area contributed by atoms with Crippen LogP contribution in [0, 0.1) is 13.8 Å². The zero-order valence-corrected chi connectivity index (χ0v) is 15.6. The first-order chi connectivity index (χ1) is 11.1. The van der Waals surface area contributed by atoms with Gasteiger partial charge in [-0.05, 0) is 81.6 Å². The smallest absolute Gasteiger partial charge is 0.170 e. The quantitative estimate of drug-likeness (QED) is 0.601. The first kappa shape index (κ1) is 18.2. The zero-order chi connectivity index (χ0) is 16.7. The molecule has 128 valence electrons. The second-order valence-electron chi connectivity index (χ2n) is 6.70. The highest BCUT2D eigenvalue weighted by atomic mass is 32.1. The number of hydrogen-bond donors (Lipinski definition) is 2. The van der Waals surface area contributed by atoms with Gasteiger partial charge in [-0.15, -0.1) is 0 Å². The first-order valence-electron chi connectivity index (χ1n) is 8.95. The Hall–Kier alpha value is -1.13. The largest absolute Gasteiger partial charge is 0.362 e. The van der Waals surface area contributed by atoms with Crippen LogP contribution in [-0.2, 0) is 0 Å². The Bertz CT molecular complexity index is 495. The third-order valence-electron chi connectivity index (χ3n) is 4.61. The van der Waals surface area contributed by atoms with Crippen LogP contribution in [0.25, 0.3) is 0 Å². The summed E-state index contributed by atoms with van der Waals surface area (Å²) in [6.45, 7) is 9.91. The average molecular weight is 334 g/mol. The summed E-state index contributed by atoms with van der Waals surface area (Å²) in [5.74, 6) is 0. The zero-order valence-electron chi connectivity index (χ0n) is 14.8. The lowest BCUT2D eigenvalue weighted by Gasteiger charge is -2.35. The van der Waals surface area contributed by atoms with Crippen molar-refractivity contribution in [3.63, 3.8) is 0 Å². The van der Waals surface area contributed by atoms with Gasteiger partial charge in [0.15, 0.2) is 5.11 Å². The topological polar surface area (TPSA) is 27.3 Å². The summed E-state index contributed by atoms with van der Waals surface area (Å²) in [6.07, 6.45) is 6.55. The maximum atomic E-state index is 5.40. The molecule has 1 saturated heterocycles. The average Bonchev–Trinajstić information content (AvgIpc) is 2.51. The van der Waals surface area contributed by atoms with Gasteiger partial charge in [-0.1, -0.05) is 19.4 Å². The standard InChI is InChI=1S/C19H31N3S/c1-4-18-8-5-6-10-22(18)11-7-9-20-19(23)21-17-13-15(2)12-16(3)14-17/h12-14,18H,4-11H2,1-3H3,(H2,20,21,23). The molecular formula is C19H31N3S. The molecular weight excluding hydrogens is 302 g/mol. The van der Waals surface area contributed by atoms with Gasteiger partial charge in [0.1, 0.15) is 0 Å². The molecule has 1 fully saturated rings. The van der Waals surface area contributed by atoms with Crippen LogP contribution in [0.15, 0.2) is 18.2 Å². The summed E-state index contributed by atoms with van der Waals surface area (Å²) in [5.41, 5.74) is 3.58. The van der Waals surface area contributed by atoms with Crippen molar-refractivity contribution in [2.45, 2.75) is 58.9 Å². The number of rotatable bonds is 6. The lowest BCUT2D eigenvalue weighted by Crippen LogP contribution is -2.40. The molecule has 1 aliphatic rings. The molecule has 0 spiro atoms. The van der Waals surface area contributed by atoms with Crippen LogP contribution >= 0.6 is 12.2 Å². The summed E-state index contributed by atoms with van der Waals surface area (Å²) < 4.78 is 0. The van der Waals surface area contributed by atoms with Crippen molar-refractivity contribution in [2.24, 2.45) is 0 Å². The molecule has 0 amide bonds. The van der Waals surface area contributed by atoms with Gasteiger partial charge in [-0.3, -0.25) is 0 Å². The minimum atomic E-state index is 0.723. The van der Waals surface area contributed by atoms with E-state index < -0.39 is 0 Å². The van der Waals surface area contributed by atoms with Crippen LogP contribution in [0.4, 0.5) is 5.69 Å². The Morgan fingerprint density at radius 3 is 2.65 bits per heavy atom. The Labute approximate surface area is 146 Å². The van der Waals surface area contributed by atoms with Crippen LogP contribution < -0.4 is 10.6 Å². The molecule has 3 nitrogen and oxygen atoms in total. The van der Waals surface area contributed by atoms with E-state index in [0.29, 0.717) is 0 Å². The molecule has 23 heavy (non-hydrogen) atoms. The molecule has 2 N–H and O–H groups in total. The van der Waals surface area contributed by atoms with E-state index in [0.717, 1.165) is 29.8 Å². The van der Waals surface area contributed by atoms with Gasteiger partial charge in [0, 0.05) is 24.8 Å². The number of aryl methyl sites for hydroxylation is 2. The highest BCUT2D eigenvalue weighted by molar-refractivity contribution is 7.80. The molecule has 1 atom stereocenters. The third-order valence-corrected chi connectivity index (χ3v) is 4.85. The van der Waals surface area contributed by atoms with Crippen LogP contribution in [-0.4, -0.2) is 35.7 Å². The second-order valence-corrected chi connectivity index (χ2v) is 7.11. The fourth-order valence-electron chi connectivity index (χ4n) is 3.52. The molecule has 0 aliphatic carbocycles. The minimum absolute atomic E-state index is 0.723. The molecule has 1 heterocycles. The Balaban J connectivity index is 1.68. The van der Waals surface area contributed by atoms with Crippen LogP contribution in [0.5, 0.6) is 0 Å². The predicted molar refractivity (Wildman–Crippen MR) is 104 cm³/mol. The number of anilines is 1. The summed E-state index contributed by atoms with van der Waals surface area (Å²) in [4.78, 5) is 2.66. The van der Waals surface area contributed by atoms with Gasteiger partial charge < -0.3 is 15.5 Å². The number of hydrogen-bond acceptors (Lipinski definition) is 2. The van der Waals surface area contributed by atoms with E-state index in [1.54, 1.807) is 0 Å². The van der Waals surface area contributed by atoms with Gasteiger partial charge in [0.25, 0.3) is 0 Å². The highest BCUT2D eigenvalue weighted by Gasteiger charge is 2.19. The van der Waals surface area contributed by atoms with Crippen LogP contribution in [0.1, 0.15) is 50.2 Å². The highest BCUT2D eigenvalue weighted by Crippen LogP contribution is 2.19. The van der Waals surface area contributed by atoms with E-state index in [9.17, 15) is 0 Å². The minimum Gasteiger partial charge on any atom is -0.362 e. The molecule has 1 aromatic carbocycles. The van der Waals surface area contributed by atoms with Gasteiger partial charge in [0.05, 0.1) is 0 Å². The van der Waals surface area contributed by atoms with Crippen molar-refractivity contribution >= 4 is 23.0 Å². The predicted octanol–water partition coefficient (Wildman–Crippen LogP) is 4.24. The van der Waals surface area contributed by atoms with E-state index >= 15 is 0 Å². The van der Waals surface area contributed by atoms with E-state index in [1.165, 1.54) is 49.9 Å². The fourth-order valence-corrected chi connectivity index (χ4v) is 3.74. The summed E-state index contributed by atoms with van der Waals surface area (Å²) in [5, 5.41) is 7.35. The second kappa shape index (κ2) is 9.24.